The van der Waals surface area contributed by atoms with E-state index in [0.717, 1.165) is 19.1 Å². The fraction of sp³-hybridized carbons (Fsp3) is 0.929. The predicted molar refractivity (Wildman–Crippen MR) is 73.4 cm³/mol. The molecule has 5 heteroatoms. The monoisotopic (exact) mass is 288 g/mol. The Hall–Kier alpha value is -0.580. The summed E-state index contributed by atoms with van der Waals surface area (Å²) in [5.41, 5.74) is 0.243. The highest BCUT2D eigenvalue weighted by Gasteiger charge is 2.62. The van der Waals surface area contributed by atoms with Gasteiger partial charge >= 0.3 is 5.97 Å². The quantitative estimate of drug-likeness (QED) is 0.744. The third-order valence-electron chi connectivity index (χ3n) is 5.66. The molecule has 2 aliphatic rings. The van der Waals surface area contributed by atoms with Gasteiger partial charge in [-0.15, -0.1) is 0 Å². The van der Waals surface area contributed by atoms with Gasteiger partial charge in [0.05, 0.1) is 12.2 Å². The van der Waals surface area contributed by atoms with Gasteiger partial charge in [-0.1, -0.05) is 20.8 Å². The number of carbonyl (C=O) groups is 1. The number of hydrogen-bond acceptors (Lipinski definition) is 4. The molecule has 2 bridgehead atoms. The average Bonchev–Trinajstić information content (AvgIpc) is 2.58. The van der Waals surface area contributed by atoms with Crippen LogP contribution < -0.4 is 0 Å². The molecule has 2 saturated carbocycles. The molecule has 0 N–H and O–H groups in total. The summed E-state index contributed by atoms with van der Waals surface area (Å²) in [5, 5.41) is 0. The maximum Gasteiger partial charge on any atom is 0.307 e. The van der Waals surface area contributed by atoms with Crippen LogP contribution in [0, 0.1) is 16.7 Å². The summed E-state index contributed by atoms with van der Waals surface area (Å²) in [6, 6.07) is 0. The second-order valence-electron chi connectivity index (χ2n) is 6.97. The molecule has 19 heavy (non-hydrogen) atoms. The van der Waals surface area contributed by atoms with Crippen molar-refractivity contribution in [3.63, 3.8) is 0 Å². The molecule has 0 aromatic carbocycles. The van der Waals surface area contributed by atoms with Gasteiger partial charge in [0.15, 0.2) is 0 Å². The van der Waals surface area contributed by atoms with Crippen LogP contribution in [0.15, 0.2) is 0 Å². The van der Waals surface area contributed by atoms with Crippen molar-refractivity contribution in [1.29, 1.82) is 0 Å². The molecule has 0 aromatic rings. The minimum absolute atomic E-state index is 0.0312. The summed E-state index contributed by atoms with van der Waals surface area (Å²) in [7, 11) is -3.10. The largest absolute Gasteiger partial charge is 0.462 e. The summed E-state index contributed by atoms with van der Waals surface area (Å²) >= 11 is 0. The van der Waals surface area contributed by atoms with E-state index < -0.39 is 9.84 Å². The van der Waals surface area contributed by atoms with Crippen LogP contribution >= 0.6 is 0 Å². The van der Waals surface area contributed by atoms with E-state index in [1.807, 2.05) is 0 Å². The Balaban J connectivity index is 1.97. The van der Waals surface area contributed by atoms with Gasteiger partial charge in [-0.3, -0.25) is 4.79 Å². The van der Waals surface area contributed by atoms with Gasteiger partial charge in [-0.25, -0.2) is 8.42 Å². The fourth-order valence-corrected chi connectivity index (χ4v) is 4.33. The topological polar surface area (TPSA) is 60.4 Å². The lowest BCUT2D eigenvalue weighted by Gasteiger charge is -2.38. The molecule has 0 aliphatic heterocycles. The van der Waals surface area contributed by atoms with Crippen LogP contribution in [0.1, 0.15) is 46.5 Å². The minimum Gasteiger partial charge on any atom is -0.462 e. The molecule has 3 unspecified atom stereocenters. The van der Waals surface area contributed by atoms with Crippen molar-refractivity contribution in [2.45, 2.75) is 52.6 Å². The van der Waals surface area contributed by atoms with E-state index in [0.29, 0.717) is 5.92 Å². The second kappa shape index (κ2) is 4.47. The minimum atomic E-state index is -3.10. The number of hydrogen-bond donors (Lipinski definition) is 0. The molecule has 110 valence electrons. The number of sulfone groups is 1. The molecular formula is C14H24O4S. The van der Waals surface area contributed by atoms with Crippen molar-refractivity contribution >= 4 is 15.8 Å². The molecule has 2 aliphatic carbocycles. The normalized spacial score (nSPS) is 36.4. The van der Waals surface area contributed by atoms with E-state index in [4.69, 9.17) is 4.74 Å². The number of fused-ring (bicyclic) bond motifs is 2. The lowest BCUT2D eigenvalue weighted by molar-refractivity contribution is -0.156. The van der Waals surface area contributed by atoms with Crippen molar-refractivity contribution in [3.8, 4) is 0 Å². The predicted octanol–water partition coefficient (Wildman–Crippen LogP) is 2.18. The summed E-state index contributed by atoms with van der Waals surface area (Å²) in [6.45, 7) is 6.72. The molecule has 0 spiro atoms. The van der Waals surface area contributed by atoms with E-state index in [2.05, 4.69) is 20.8 Å². The first-order chi connectivity index (χ1) is 8.56. The van der Waals surface area contributed by atoms with Gasteiger partial charge in [0.1, 0.15) is 15.9 Å². The Morgan fingerprint density at radius 3 is 2.37 bits per heavy atom. The summed E-state index contributed by atoms with van der Waals surface area (Å²) in [4.78, 5) is 11.8. The Morgan fingerprint density at radius 2 is 1.95 bits per heavy atom. The Kier molecular flexibility index (Phi) is 3.49. The Bertz CT molecular complexity index is 480. The van der Waals surface area contributed by atoms with Crippen LogP contribution in [0.5, 0.6) is 0 Å². The van der Waals surface area contributed by atoms with E-state index in [-0.39, 0.29) is 35.1 Å². The van der Waals surface area contributed by atoms with Crippen LogP contribution in [0.25, 0.3) is 0 Å². The lowest BCUT2D eigenvalue weighted by atomic mass is 9.70. The van der Waals surface area contributed by atoms with Crippen molar-refractivity contribution in [3.05, 3.63) is 0 Å². The van der Waals surface area contributed by atoms with Crippen LogP contribution in [0.2, 0.25) is 0 Å². The summed E-state index contributed by atoms with van der Waals surface area (Å²) in [5.74, 6) is 0.118. The highest BCUT2D eigenvalue weighted by atomic mass is 32.2. The molecule has 0 heterocycles. The highest BCUT2D eigenvalue weighted by Crippen LogP contribution is 2.66. The summed E-state index contributed by atoms with van der Waals surface area (Å²) < 4.78 is 27.7. The van der Waals surface area contributed by atoms with Gasteiger partial charge in [-0.05, 0) is 30.6 Å². The number of rotatable bonds is 4. The van der Waals surface area contributed by atoms with Gasteiger partial charge in [0.2, 0.25) is 0 Å². The molecular weight excluding hydrogens is 264 g/mol. The smallest absolute Gasteiger partial charge is 0.307 e. The molecule has 0 amide bonds. The third-order valence-corrected chi connectivity index (χ3v) is 6.61. The zero-order chi connectivity index (χ0) is 14.5. The molecule has 2 rings (SSSR count). The van der Waals surface area contributed by atoms with Crippen LogP contribution in [0.4, 0.5) is 0 Å². The molecule has 2 fully saturated rings. The van der Waals surface area contributed by atoms with Crippen molar-refractivity contribution in [2.24, 2.45) is 16.7 Å². The van der Waals surface area contributed by atoms with Gasteiger partial charge in [-0.2, -0.15) is 0 Å². The Morgan fingerprint density at radius 1 is 1.32 bits per heavy atom. The maximum atomic E-state index is 11.8. The molecule has 0 aromatic heterocycles. The fourth-order valence-electron chi connectivity index (χ4n) is 3.79. The van der Waals surface area contributed by atoms with Crippen molar-refractivity contribution in [1.82, 2.24) is 0 Å². The van der Waals surface area contributed by atoms with E-state index in [9.17, 15) is 13.2 Å². The zero-order valence-corrected chi connectivity index (χ0v) is 13.0. The van der Waals surface area contributed by atoms with Crippen molar-refractivity contribution < 1.29 is 17.9 Å². The van der Waals surface area contributed by atoms with Gasteiger partial charge in [0, 0.05) is 11.7 Å². The molecule has 4 nitrogen and oxygen atoms in total. The molecule has 0 saturated heterocycles. The van der Waals surface area contributed by atoms with Crippen LogP contribution in [0.3, 0.4) is 0 Å². The summed E-state index contributed by atoms with van der Waals surface area (Å²) in [6.07, 6.45) is 4.29. The second-order valence-corrected chi connectivity index (χ2v) is 9.23. The van der Waals surface area contributed by atoms with Gasteiger partial charge in [0.25, 0.3) is 0 Å². The third kappa shape index (κ3) is 2.54. The SMILES string of the molecule is CC1(C)C2CCC1(C)C(OC(=O)CCS(C)(=O)=O)C2. The van der Waals surface area contributed by atoms with Crippen LogP contribution in [-0.2, 0) is 19.4 Å². The number of carbonyl (C=O) groups excluding carboxylic acids is 1. The number of esters is 1. The van der Waals surface area contributed by atoms with E-state index >= 15 is 0 Å². The standard InChI is InChI=1S/C14H24O4S/c1-13(2)10-5-7-14(13,3)11(9-10)18-12(15)6-8-19(4,16)17/h10-11H,5-9H2,1-4H3. The lowest BCUT2D eigenvalue weighted by Crippen LogP contribution is -2.38. The van der Waals surface area contributed by atoms with Crippen molar-refractivity contribution in [2.75, 3.05) is 12.0 Å². The average molecular weight is 288 g/mol. The molecule has 3 atom stereocenters. The first kappa shape index (κ1) is 14.8. The maximum absolute atomic E-state index is 11.8. The van der Waals surface area contributed by atoms with E-state index in [1.54, 1.807) is 0 Å². The van der Waals surface area contributed by atoms with E-state index in [1.165, 1.54) is 6.42 Å². The number of ether oxygens (including phenoxy) is 1. The van der Waals surface area contributed by atoms with Crippen LogP contribution in [-0.4, -0.2) is 32.5 Å². The first-order valence-electron chi connectivity index (χ1n) is 6.93. The zero-order valence-electron chi connectivity index (χ0n) is 12.2. The highest BCUT2D eigenvalue weighted by molar-refractivity contribution is 7.90. The Labute approximate surface area is 115 Å². The first-order valence-corrected chi connectivity index (χ1v) is 8.99. The van der Waals surface area contributed by atoms with Gasteiger partial charge < -0.3 is 4.74 Å². The molecule has 0 radical (unpaired) electrons.